The summed E-state index contributed by atoms with van der Waals surface area (Å²) in [6, 6.07) is 22.9. The third-order valence-corrected chi connectivity index (χ3v) is 4.41. The van der Waals surface area contributed by atoms with Crippen LogP contribution in [0.15, 0.2) is 71.8 Å². The van der Waals surface area contributed by atoms with E-state index >= 15 is 0 Å². The maximum absolute atomic E-state index is 9.01. The zero-order valence-electron chi connectivity index (χ0n) is 17.0. The number of nitrogens with zero attached hydrogens (tertiary/aromatic N) is 2. The average molecular weight is 401 g/mol. The fourth-order valence-electron chi connectivity index (χ4n) is 2.88. The van der Waals surface area contributed by atoms with Gasteiger partial charge in [0.15, 0.2) is 11.5 Å². The molecule has 0 spiro atoms. The summed E-state index contributed by atoms with van der Waals surface area (Å²) in [6.45, 7) is 0.903. The number of hydrazone groups is 1. The molecule has 0 aliphatic rings. The van der Waals surface area contributed by atoms with Gasteiger partial charge in [0, 0.05) is 5.56 Å². The summed E-state index contributed by atoms with van der Waals surface area (Å²) in [4.78, 5) is 0. The van der Waals surface area contributed by atoms with E-state index in [4.69, 9.17) is 19.5 Å². The summed E-state index contributed by atoms with van der Waals surface area (Å²) in [5.74, 6) is 2.06. The Kier molecular flexibility index (Phi) is 7.28. The number of para-hydroxylation sites is 1. The Morgan fingerprint density at radius 1 is 0.933 bits per heavy atom. The number of hydrogen-bond acceptors (Lipinski definition) is 6. The number of benzene rings is 3. The summed E-state index contributed by atoms with van der Waals surface area (Å²) >= 11 is 0. The molecule has 30 heavy (non-hydrogen) atoms. The van der Waals surface area contributed by atoms with E-state index in [1.807, 2.05) is 54.6 Å². The van der Waals surface area contributed by atoms with Gasteiger partial charge in [0.05, 0.1) is 38.6 Å². The topological polar surface area (TPSA) is 75.9 Å². The Bertz CT molecular complexity index is 1060. The molecule has 3 rings (SSSR count). The van der Waals surface area contributed by atoms with Crippen LogP contribution < -0.4 is 19.6 Å². The van der Waals surface area contributed by atoms with Crippen molar-refractivity contribution >= 4 is 6.21 Å². The lowest BCUT2D eigenvalue weighted by molar-refractivity contribution is 0.284. The van der Waals surface area contributed by atoms with Crippen molar-refractivity contribution in [1.29, 1.82) is 5.26 Å². The highest BCUT2D eigenvalue weighted by Crippen LogP contribution is 2.28. The van der Waals surface area contributed by atoms with Crippen LogP contribution in [0.4, 0.5) is 0 Å². The van der Waals surface area contributed by atoms with Gasteiger partial charge in [-0.1, -0.05) is 30.3 Å². The molecule has 0 saturated heterocycles. The van der Waals surface area contributed by atoms with E-state index in [0.717, 1.165) is 22.4 Å². The second kappa shape index (κ2) is 10.5. The van der Waals surface area contributed by atoms with Crippen molar-refractivity contribution in [2.75, 3.05) is 14.2 Å². The van der Waals surface area contributed by atoms with Gasteiger partial charge in [-0.3, -0.25) is 0 Å². The minimum atomic E-state index is 0.347. The monoisotopic (exact) mass is 401 g/mol. The van der Waals surface area contributed by atoms with Crippen LogP contribution in [0.1, 0.15) is 22.3 Å². The van der Waals surface area contributed by atoms with E-state index in [9.17, 15) is 0 Å². The minimum absolute atomic E-state index is 0.347. The molecule has 0 aliphatic heterocycles. The zero-order chi connectivity index (χ0) is 21.2. The number of nitrogens with one attached hydrogen (secondary N) is 1. The van der Waals surface area contributed by atoms with Gasteiger partial charge in [0.2, 0.25) is 0 Å². The first-order valence-corrected chi connectivity index (χ1v) is 9.41. The average Bonchev–Trinajstić information content (AvgIpc) is 2.81. The van der Waals surface area contributed by atoms with E-state index in [1.165, 1.54) is 0 Å². The smallest absolute Gasteiger partial charge is 0.161 e. The molecule has 6 nitrogen and oxygen atoms in total. The molecule has 0 unspecified atom stereocenters. The van der Waals surface area contributed by atoms with Gasteiger partial charge in [-0.2, -0.15) is 10.4 Å². The van der Waals surface area contributed by atoms with Crippen molar-refractivity contribution in [1.82, 2.24) is 5.43 Å². The Balaban J connectivity index is 1.60. The molecular formula is C24H23N3O3. The number of methoxy groups -OCH3 is 2. The second-order valence-electron chi connectivity index (χ2n) is 6.42. The minimum Gasteiger partial charge on any atom is -0.496 e. The van der Waals surface area contributed by atoms with Crippen molar-refractivity contribution in [3.8, 4) is 23.3 Å². The third-order valence-electron chi connectivity index (χ3n) is 4.41. The molecule has 1 N–H and O–H groups in total. The molecular weight excluding hydrogens is 378 g/mol. The highest BCUT2D eigenvalue weighted by molar-refractivity contribution is 5.80. The van der Waals surface area contributed by atoms with Gasteiger partial charge in [0.1, 0.15) is 12.4 Å². The summed E-state index contributed by atoms with van der Waals surface area (Å²) in [6.07, 6.45) is 1.72. The first kappa shape index (κ1) is 20.7. The van der Waals surface area contributed by atoms with E-state index in [1.54, 1.807) is 32.6 Å². The molecule has 0 saturated carbocycles. The summed E-state index contributed by atoms with van der Waals surface area (Å²) in [5.41, 5.74) is 6.45. The predicted molar refractivity (Wildman–Crippen MR) is 116 cm³/mol. The molecule has 3 aromatic carbocycles. The van der Waals surface area contributed by atoms with Crippen molar-refractivity contribution in [3.05, 3.63) is 89.0 Å². The Morgan fingerprint density at radius 3 is 2.57 bits per heavy atom. The van der Waals surface area contributed by atoms with Gasteiger partial charge in [-0.05, 0) is 47.5 Å². The van der Waals surface area contributed by atoms with E-state index in [2.05, 4.69) is 16.6 Å². The molecule has 0 bridgehead atoms. The lowest BCUT2D eigenvalue weighted by atomic mass is 10.1. The number of rotatable bonds is 9. The molecule has 152 valence electrons. The van der Waals surface area contributed by atoms with Crippen LogP contribution in [0.25, 0.3) is 0 Å². The third kappa shape index (κ3) is 5.52. The van der Waals surface area contributed by atoms with Gasteiger partial charge in [0.25, 0.3) is 0 Å². The van der Waals surface area contributed by atoms with E-state index in [0.29, 0.717) is 30.2 Å². The Labute approximate surface area is 176 Å². The largest absolute Gasteiger partial charge is 0.496 e. The quantitative estimate of drug-likeness (QED) is 0.428. The number of hydrogen-bond donors (Lipinski definition) is 1. The Morgan fingerprint density at radius 2 is 1.77 bits per heavy atom. The van der Waals surface area contributed by atoms with Crippen LogP contribution in [0.5, 0.6) is 17.2 Å². The van der Waals surface area contributed by atoms with Crippen LogP contribution in [0.3, 0.4) is 0 Å². The molecule has 0 aliphatic carbocycles. The number of ether oxygens (including phenoxy) is 3. The van der Waals surface area contributed by atoms with Crippen LogP contribution >= 0.6 is 0 Å². The first-order valence-electron chi connectivity index (χ1n) is 9.41. The van der Waals surface area contributed by atoms with E-state index < -0.39 is 0 Å². The highest BCUT2D eigenvalue weighted by Gasteiger charge is 2.06. The SMILES string of the molecule is COc1ccccc1CN/N=C\c1ccc(OCc2cccc(C#N)c2)c(OC)c1. The normalized spacial score (nSPS) is 10.4. The van der Waals surface area contributed by atoms with E-state index in [-0.39, 0.29) is 0 Å². The standard InChI is InChI=1S/C24H23N3O3/c1-28-22-9-4-3-8-21(22)16-27-26-15-19-10-11-23(24(13-19)29-2)30-17-20-7-5-6-18(12-20)14-25/h3-13,15,27H,16-17H2,1-2H3/b26-15-. The van der Waals surface area contributed by atoms with Crippen molar-refractivity contribution in [2.24, 2.45) is 5.10 Å². The lowest BCUT2D eigenvalue weighted by Crippen LogP contribution is -2.07. The lowest BCUT2D eigenvalue weighted by Gasteiger charge is -2.11. The van der Waals surface area contributed by atoms with Crippen molar-refractivity contribution < 1.29 is 14.2 Å². The maximum Gasteiger partial charge on any atom is 0.161 e. The van der Waals surface area contributed by atoms with Crippen LogP contribution in [0.2, 0.25) is 0 Å². The zero-order valence-corrected chi connectivity index (χ0v) is 17.0. The molecule has 0 heterocycles. The van der Waals surface area contributed by atoms with Gasteiger partial charge < -0.3 is 19.6 Å². The number of nitriles is 1. The second-order valence-corrected chi connectivity index (χ2v) is 6.42. The molecule has 0 fully saturated rings. The summed E-state index contributed by atoms with van der Waals surface area (Å²) in [7, 11) is 3.25. The van der Waals surface area contributed by atoms with Crippen molar-refractivity contribution in [2.45, 2.75) is 13.2 Å². The fourth-order valence-corrected chi connectivity index (χ4v) is 2.88. The van der Waals surface area contributed by atoms with Crippen LogP contribution in [0, 0.1) is 11.3 Å². The van der Waals surface area contributed by atoms with Crippen LogP contribution in [-0.2, 0) is 13.2 Å². The molecule has 0 radical (unpaired) electrons. The van der Waals surface area contributed by atoms with Gasteiger partial charge >= 0.3 is 0 Å². The molecule has 3 aromatic rings. The predicted octanol–water partition coefficient (Wildman–Crippen LogP) is 4.28. The highest BCUT2D eigenvalue weighted by atomic mass is 16.5. The molecule has 0 amide bonds. The van der Waals surface area contributed by atoms with Gasteiger partial charge in [-0.25, -0.2) is 0 Å². The molecule has 0 atom stereocenters. The first-order chi connectivity index (χ1) is 14.7. The molecule has 6 heteroatoms. The summed E-state index contributed by atoms with van der Waals surface area (Å²) in [5, 5.41) is 13.3. The fraction of sp³-hybridized carbons (Fsp3) is 0.167. The Hall–Kier alpha value is -3.98. The van der Waals surface area contributed by atoms with Crippen LogP contribution in [-0.4, -0.2) is 20.4 Å². The van der Waals surface area contributed by atoms with Crippen molar-refractivity contribution in [3.63, 3.8) is 0 Å². The molecule has 0 aromatic heterocycles. The maximum atomic E-state index is 9.01. The summed E-state index contributed by atoms with van der Waals surface area (Å²) < 4.78 is 16.7. The van der Waals surface area contributed by atoms with Gasteiger partial charge in [-0.15, -0.1) is 0 Å².